The first kappa shape index (κ1) is 11.1. The highest BCUT2D eigenvalue weighted by molar-refractivity contribution is 5.94. The largest absolute Gasteiger partial charge is 0.506 e. The summed E-state index contributed by atoms with van der Waals surface area (Å²) in [5, 5.41) is 11.9. The van der Waals surface area contributed by atoms with Crippen LogP contribution in [0.1, 0.15) is 16.1 Å². The van der Waals surface area contributed by atoms with Crippen LogP contribution in [-0.2, 0) is 6.54 Å². The zero-order valence-electron chi connectivity index (χ0n) is 9.00. The molecule has 0 radical (unpaired) electrons. The predicted octanol–water partition coefficient (Wildman–Crippen LogP) is 1.11. The van der Waals surface area contributed by atoms with E-state index >= 15 is 0 Å². The van der Waals surface area contributed by atoms with Gasteiger partial charge in [0.1, 0.15) is 5.75 Å². The van der Waals surface area contributed by atoms with Gasteiger partial charge in [-0.1, -0.05) is 6.07 Å². The molecule has 0 aliphatic heterocycles. The first-order valence-corrected chi connectivity index (χ1v) is 5.08. The molecule has 2 heterocycles. The fourth-order valence-electron chi connectivity index (χ4n) is 1.33. The van der Waals surface area contributed by atoms with Crippen molar-refractivity contribution in [3.8, 4) is 5.75 Å². The molecule has 5 heteroatoms. The molecule has 2 rings (SSSR count). The van der Waals surface area contributed by atoms with Gasteiger partial charge in [0.05, 0.1) is 24.0 Å². The highest BCUT2D eigenvalue weighted by Crippen LogP contribution is 2.08. The quantitative estimate of drug-likeness (QED) is 0.826. The zero-order chi connectivity index (χ0) is 12.1. The number of amides is 1. The second kappa shape index (κ2) is 5.07. The molecule has 0 saturated carbocycles. The van der Waals surface area contributed by atoms with Gasteiger partial charge < -0.3 is 10.4 Å². The van der Waals surface area contributed by atoms with Crippen molar-refractivity contribution in [1.82, 2.24) is 15.3 Å². The van der Waals surface area contributed by atoms with Crippen LogP contribution in [0.5, 0.6) is 5.75 Å². The number of rotatable bonds is 3. The fourth-order valence-corrected chi connectivity index (χ4v) is 1.33. The van der Waals surface area contributed by atoms with E-state index in [0.29, 0.717) is 12.1 Å². The third-order valence-corrected chi connectivity index (χ3v) is 2.14. The van der Waals surface area contributed by atoms with Crippen LogP contribution < -0.4 is 5.32 Å². The Labute approximate surface area is 98.2 Å². The minimum absolute atomic E-state index is 0.0320. The summed E-state index contributed by atoms with van der Waals surface area (Å²) >= 11 is 0. The van der Waals surface area contributed by atoms with Crippen molar-refractivity contribution in [2.75, 3.05) is 0 Å². The number of nitrogens with zero attached hydrogens (tertiary/aromatic N) is 2. The average Bonchev–Trinajstić information content (AvgIpc) is 2.37. The maximum atomic E-state index is 11.7. The lowest BCUT2D eigenvalue weighted by Crippen LogP contribution is -2.23. The van der Waals surface area contributed by atoms with Crippen LogP contribution in [0.15, 0.2) is 42.9 Å². The summed E-state index contributed by atoms with van der Waals surface area (Å²) in [4.78, 5) is 19.5. The van der Waals surface area contributed by atoms with Crippen molar-refractivity contribution in [3.63, 3.8) is 0 Å². The normalized spacial score (nSPS) is 9.88. The molecule has 0 bridgehead atoms. The number of aromatic hydroxyl groups is 1. The standard InChI is InChI=1S/C12H11N3O2/c16-11-5-9(6-13-8-11)12(17)15-7-10-3-1-2-4-14-10/h1-6,8,16H,7H2,(H,15,17). The SMILES string of the molecule is O=C(NCc1ccccn1)c1cncc(O)c1. The van der Waals surface area contributed by atoms with Crippen molar-refractivity contribution >= 4 is 5.91 Å². The number of pyridine rings is 2. The Hall–Kier alpha value is -2.43. The third-order valence-electron chi connectivity index (χ3n) is 2.14. The summed E-state index contributed by atoms with van der Waals surface area (Å²) in [6.45, 7) is 0.343. The van der Waals surface area contributed by atoms with Gasteiger partial charge >= 0.3 is 0 Å². The van der Waals surface area contributed by atoms with Crippen molar-refractivity contribution in [3.05, 3.63) is 54.1 Å². The van der Waals surface area contributed by atoms with Gasteiger partial charge in [-0.05, 0) is 18.2 Å². The molecule has 0 atom stereocenters. The number of carbonyl (C=O) groups is 1. The monoisotopic (exact) mass is 229 g/mol. The van der Waals surface area contributed by atoms with Gasteiger partial charge in [-0.2, -0.15) is 0 Å². The first-order chi connectivity index (χ1) is 8.25. The van der Waals surface area contributed by atoms with Crippen molar-refractivity contribution < 1.29 is 9.90 Å². The van der Waals surface area contributed by atoms with Gasteiger partial charge in [0.25, 0.3) is 5.91 Å². The molecule has 0 aliphatic rings. The van der Waals surface area contributed by atoms with Gasteiger partial charge in [0, 0.05) is 12.4 Å². The number of hydrogen-bond donors (Lipinski definition) is 2. The van der Waals surface area contributed by atoms with Crippen LogP contribution in [0.4, 0.5) is 0 Å². The lowest BCUT2D eigenvalue weighted by atomic mass is 10.2. The lowest BCUT2D eigenvalue weighted by Gasteiger charge is -2.04. The molecule has 2 aromatic heterocycles. The highest BCUT2D eigenvalue weighted by atomic mass is 16.3. The lowest BCUT2D eigenvalue weighted by molar-refractivity contribution is 0.0949. The Balaban J connectivity index is 1.98. The smallest absolute Gasteiger partial charge is 0.253 e. The number of aromatic nitrogens is 2. The van der Waals surface area contributed by atoms with E-state index in [1.54, 1.807) is 6.20 Å². The van der Waals surface area contributed by atoms with E-state index in [4.69, 9.17) is 0 Å². The molecule has 86 valence electrons. The molecule has 0 saturated heterocycles. The average molecular weight is 229 g/mol. The van der Waals surface area contributed by atoms with Crippen LogP contribution in [-0.4, -0.2) is 21.0 Å². The summed E-state index contributed by atoms with van der Waals surface area (Å²) in [6, 6.07) is 6.84. The van der Waals surface area contributed by atoms with Gasteiger partial charge in [-0.3, -0.25) is 14.8 Å². The molecule has 17 heavy (non-hydrogen) atoms. The van der Waals surface area contributed by atoms with E-state index in [9.17, 15) is 9.90 Å². The van der Waals surface area contributed by atoms with Crippen LogP contribution in [0.25, 0.3) is 0 Å². The second-order valence-corrected chi connectivity index (χ2v) is 3.44. The molecule has 1 amide bonds. The highest BCUT2D eigenvalue weighted by Gasteiger charge is 2.06. The Morgan fingerprint density at radius 2 is 2.24 bits per heavy atom. The summed E-state index contributed by atoms with van der Waals surface area (Å²) in [7, 11) is 0. The molecule has 0 fully saturated rings. The predicted molar refractivity (Wildman–Crippen MR) is 61.3 cm³/mol. The molecule has 5 nitrogen and oxygen atoms in total. The Kier molecular flexibility index (Phi) is 3.30. The van der Waals surface area contributed by atoms with E-state index in [2.05, 4.69) is 15.3 Å². The summed E-state index contributed by atoms with van der Waals surface area (Å²) in [6.07, 6.45) is 4.33. The Morgan fingerprint density at radius 1 is 1.35 bits per heavy atom. The maximum absolute atomic E-state index is 11.7. The maximum Gasteiger partial charge on any atom is 0.253 e. The summed E-state index contributed by atoms with van der Waals surface area (Å²) in [5.74, 6) is -0.325. The Morgan fingerprint density at radius 3 is 2.94 bits per heavy atom. The molecule has 0 unspecified atom stereocenters. The molecular weight excluding hydrogens is 218 g/mol. The van der Waals surface area contributed by atoms with Gasteiger partial charge in [-0.15, -0.1) is 0 Å². The molecule has 2 aromatic rings. The van der Waals surface area contributed by atoms with E-state index in [1.165, 1.54) is 18.5 Å². The van der Waals surface area contributed by atoms with E-state index < -0.39 is 0 Å². The van der Waals surface area contributed by atoms with Crippen LogP contribution >= 0.6 is 0 Å². The van der Waals surface area contributed by atoms with E-state index in [0.717, 1.165) is 5.69 Å². The zero-order valence-corrected chi connectivity index (χ0v) is 9.00. The van der Waals surface area contributed by atoms with Crippen LogP contribution in [0.2, 0.25) is 0 Å². The molecular formula is C12H11N3O2. The minimum atomic E-state index is -0.293. The van der Waals surface area contributed by atoms with Gasteiger partial charge in [-0.25, -0.2) is 0 Å². The van der Waals surface area contributed by atoms with Crippen LogP contribution in [0.3, 0.4) is 0 Å². The van der Waals surface area contributed by atoms with E-state index in [1.807, 2.05) is 18.2 Å². The summed E-state index contributed by atoms with van der Waals surface area (Å²) < 4.78 is 0. The van der Waals surface area contributed by atoms with Crippen molar-refractivity contribution in [1.29, 1.82) is 0 Å². The van der Waals surface area contributed by atoms with Gasteiger partial charge in [0.15, 0.2) is 0 Å². The topological polar surface area (TPSA) is 75.1 Å². The second-order valence-electron chi connectivity index (χ2n) is 3.44. The molecule has 2 N–H and O–H groups in total. The minimum Gasteiger partial charge on any atom is -0.506 e. The first-order valence-electron chi connectivity index (χ1n) is 5.08. The number of carbonyl (C=O) groups excluding carboxylic acids is 1. The molecule has 0 aliphatic carbocycles. The van der Waals surface area contributed by atoms with Crippen molar-refractivity contribution in [2.45, 2.75) is 6.54 Å². The van der Waals surface area contributed by atoms with Crippen LogP contribution in [0, 0.1) is 0 Å². The fraction of sp³-hybridized carbons (Fsp3) is 0.0833. The molecule has 0 spiro atoms. The van der Waals surface area contributed by atoms with E-state index in [-0.39, 0.29) is 11.7 Å². The molecule has 0 aromatic carbocycles. The third kappa shape index (κ3) is 3.01. The number of hydrogen-bond acceptors (Lipinski definition) is 4. The summed E-state index contributed by atoms with van der Waals surface area (Å²) in [5.41, 5.74) is 1.09. The Bertz CT molecular complexity index is 514. The van der Waals surface area contributed by atoms with Crippen molar-refractivity contribution in [2.24, 2.45) is 0 Å². The van der Waals surface area contributed by atoms with Gasteiger partial charge in [0.2, 0.25) is 0 Å². The number of nitrogens with one attached hydrogen (secondary N) is 1.